The third-order valence-electron chi connectivity index (χ3n) is 3.02. The Morgan fingerprint density at radius 1 is 1.31 bits per heavy atom. The van der Waals surface area contributed by atoms with Crippen molar-refractivity contribution in [1.29, 1.82) is 0 Å². The van der Waals surface area contributed by atoms with Crippen molar-refractivity contribution in [2.45, 2.75) is 32.6 Å². The Balaban J connectivity index is 3.17. The molecule has 0 bridgehead atoms. The molecular weight excluding hydrogens is 198 g/mol. The van der Waals surface area contributed by atoms with E-state index in [0.29, 0.717) is 0 Å². The minimum Gasteiger partial charge on any atom is -0.496 e. The first-order valence-electron chi connectivity index (χ1n) is 5.87. The van der Waals surface area contributed by atoms with E-state index in [1.165, 1.54) is 11.1 Å². The van der Waals surface area contributed by atoms with Crippen molar-refractivity contribution in [2.24, 2.45) is 0 Å². The second kappa shape index (κ2) is 5.35. The summed E-state index contributed by atoms with van der Waals surface area (Å²) in [5, 5.41) is 3.24. The van der Waals surface area contributed by atoms with Crippen LogP contribution < -0.4 is 10.1 Å². The standard InChI is InChI=1S/C14H23NO/c1-6-11-7-8-13(16-5)12(9-11)14(2,3)10-15-4/h7-9,15H,6,10H2,1-5H3. The van der Waals surface area contributed by atoms with Gasteiger partial charge in [0.2, 0.25) is 0 Å². The number of nitrogens with one attached hydrogen (secondary N) is 1. The molecule has 0 aromatic heterocycles. The van der Waals surface area contributed by atoms with Crippen LogP contribution in [0.5, 0.6) is 5.75 Å². The molecule has 0 aliphatic heterocycles. The van der Waals surface area contributed by atoms with Gasteiger partial charge in [-0.05, 0) is 25.1 Å². The van der Waals surface area contributed by atoms with Crippen molar-refractivity contribution >= 4 is 0 Å². The largest absolute Gasteiger partial charge is 0.496 e. The van der Waals surface area contributed by atoms with E-state index in [1.54, 1.807) is 7.11 Å². The molecule has 1 N–H and O–H groups in total. The Morgan fingerprint density at radius 3 is 2.50 bits per heavy atom. The monoisotopic (exact) mass is 221 g/mol. The molecule has 2 nitrogen and oxygen atoms in total. The van der Waals surface area contributed by atoms with Gasteiger partial charge in [-0.2, -0.15) is 0 Å². The normalized spacial score (nSPS) is 11.6. The van der Waals surface area contributed by atoms with Crippen molar-refractivity contribution in [3.8, 4) is 5.75 Å². The number of aryl methyl sites for hydroxylation is 1. The smallest absolute Gasteiger partial charge is 0.122 e. The van der Waals surface area contributed by atoms with Gasteiger partial charge in [-0.3, -0.25) is 0 Å². The Hall–Kier alpha value is -1.02. The van der Waals surface area contributed by atoms with E-state index in [9.17, 15) is 0 Å². The Labute approximate surface area is 99.0 Å². The van der Waals surface area contributed by atoms with Gasteiger partial charge < -0.3 is 10.1 Å². The summed E-state index contributed by atoms with van der Waals surface area (Å²) in [7, 11) is 3.72. The predicted octanol–water partition coefficient (Wildman–Crippen LogP) is 2.75. The molecule has 0 unspecified atom stereocenters. The van der Waals surface area contributed by atoms with Crippen molar-refractivity contribution < 1.29 is 4.74 Å². The summed E-state index contributed by atoms with van der Waals surface area (Å²) in [5.41, 5.74) is 2.73. The van der Waals surface area contributed by atoms with Gasteiger partial charge in [0.15, 0.2) is 0 Å². The highest BCUT2D eigenvalue weighted by Crippen LogP contribution is 2.32. The third-order valence-corrected chi connectivity index (χ3v) is 3.02. The molecule has 0 saturated heterocycles. The van der Waals surface area contributed by atoms with E-state index in [-0.39, 0.29) is 5.41 Å². The lowest BCUT2D eigenvalue weighted by Gasteiger charge is -2.27. The highest BCUT2D eigenvalue weighted by atomic mass is 16.5. The lowest BCUT2D eigenvalue weighted by molar-refractivity contribution is 0.388. The van der Waals surface area contributed by atoms with Crippen LogP contribution in [0.2, 0.25) is 0 Å². The average Bonchev–Trinajstić information content (AvgIpc) is 2.28. The van der Waals surface area contributed by atoms with E-state index in [4.69, 9.17) is 4.74 Å². The molecule has 0 aliphatic rings. The highest BCUT2D eigenvalue weighted by molar-refractivity contribution is 5.42. The molecule has 0 fully saturated rings. The van der Waals surface area contributed by atoms with Crippen LogP contribution in [-0.4, -0.2) is 20.7 Å². The maximum absolute atomic E-state index is 5.45. The molecule has 0 spiro atoms. The van der Waals surface area contributed by atoms with Crippen LogP contribution in [0.3, 0.4) is 0 Å². The Morgan fingerprint density at radius 2 is 2.00 bits per heavy atom. The molecule has 2 heteroatoms. The summed E-state index contributed by atoms with van der Waals surface area (Å²) < 4.78 is 5.45. The molecule has 0 saturated carbocycles. The fourth-order valence-corrected chi connectivity index (χ4v) is 2.04. The summed E-state index contributed by atoms with van der Waals surface area (Å²) in [6.07, 6.45) is 1.06. The maximum atomic E-state index is 5.45. The van der Waals surface area contributed by atoms with Gasteiger partial charge in [-0.25, -0.2) is 0 Å². The van der Waals surface area contributed by atoms with Crippen molar-refractivity contribution in [2.75, 3.05) is 20.7 Å². The van der Waals surface area contributed by atoms with Crippen LogP contribution in [0.1, 0.15) is 31.9 Å². The maximum Gasteiger partial charge on any atom is 0.122 e. The van der Waals surface area contributed by atoms with E-state index < -0.39 is 0 Å². The van der Waals surface area contributed by atoms with E-state index >= 15 is 0 Å². The highest BCUT2D eigenvalue weighted by Gasteiger charge is 2.23. The average molecular weight is 221 g/mol. The zero-order valence-electron chi connectivity index (χ0n) is 11.1. The van der Waals surface area contributed by atoms with Crippen LogP contribution in [0.15, 0.2) is 18.2 Å². The Bertz CT molecular complexity index is 345. The quantitative estimate of drug-likeness (QED) is 0.825. The van der Waals surface area contributed by atoms with Crippen LogP contribution in [0.25, 0.3) is 0 Å². The van der Waals surface area contributed by atoms with E-state index in [2.05, 4.69) is 44.3 Å². The molecule has 16 heavy (non-hydrogen) atoms. The fourth-order valence-electron chi connectivity index (χ4n) is 2.04. The first-order chi connectivity index (χ1) is 7.55. The van der Waals surface area contributed by atoms with Crippen LogP contribution >= 0.6 is 0 Å². The predicted molar refractivity (Wildman–Crippen MR) is 69.3 cm³/mol. The van der Waals surface area contributed by atoms with Gasteiger partial charge in [0.05, 0.1) is 7.11 Å². The Kier molecular flexibility index (Phi) is 4.36. The molecular formula is C14H23NO. The molecule has 1 aromatic carbocycles. The van der Waals surface area contributed by atoms with Crippen molar-refractivity contribution in [3.63, 3.8) is 0 Å². The minimum atomic E-state index is 0.0886. The molecule has 0 aliphatic carbocycles. The summed E-state index contributed by atoms with van der Waals surface area (Å²) >= 11 is 0. The molecule has 0 radical (unpaired) electrons. The topological polar surface area (TPSA) is 21.3 Å². The number of ether oxygens (including phenoxy) is 1. The number of likely N-dealkylation sites (N-methyl/N-ethyl adjacent to an activating group) is 1. The third kappa shape index (κ3) is 2.76. The van der Waals surface area contributed by atoms with Crippen LogP contribution in [0, 0.1) is 0 Å². The molecule has 1 rings (SSSR count). The number of benzene rings is 1. The molecule has 0 heterocycles. The van der Waals surface area contributed by atoms with Gasteiger partial charge >= 0.3 is 0 Å². The minimum absolute atomic E-state index is 0.0886. The van der Waals surface area contributed by atoms with Crippen molar-refractivity contribution in [3.05, 3.63) is 29.3 Å². The molecule has 0 amide bonds. The first kappa shape index (κ1) is 13.0. The number of hydrogen-bond donors (Lipinski definition) is 1. The van der Waals surface area contributed by atoms with Crippen LogP contribution in [0.4, 0.5) is 0 Å². The molecule has 0 atom stereocenters. The van der Waals surface area contributed by atoms with Gasteiger partial charge in [-0.15, -0.1) is 0 Å². The fraction of sp³-hybridized carbons (Fsp3) is 0.571. The van der Waals surface area contributed by atoms with Gasteiger partial charge in [0.25, 0.3) is 0 Å². The second-order valence-corrected chi connectivity index (χ2v) is 4.80. The summed E-state index contributed by atoms with van der Waals surface area (Å²) in [5.74, 6) is 0.984. The lowest BCUT2D eigenvalue weighted by atomic mass is 9.83. The second-order valence-electron chi connectivity index (χ2n) is 4.80. The summed E-state index contributed by atoms with van der Waals surface area (Å²) in [4.78, 5) is 0. The van der Waals surface area contributed by atoms with E-state index in [0.717, 1.165) is 18.7 Å². The zero-order valence-corrected chi connectivity index (χ0v) is 11.1. The van der Waals surface area contributed by atoms with Gasteiger partial charge in [0, 0.05) is 17.5 Å². The number of methoxy groups -OCH3 is 1. The lowest BCUT2D eigenvalue weighted by Crippen LogP contribution is -2.31. The van der Waals surface area contributed by atoms with E-state index in [1.807, 2.05) is 7.05 Å². The number of hydrogen-bond acceptors (Lipinski definition) is 2. The summed E-state index contributed by atoms with van der Waals surface area (Å²) in [6, 6.07) is 6.47. The van der Waals surface area contributed by atoms with Gasteiger partial charge in [0.1, 0.15) is 5.75 Å². The van der Waals surface area contributed by atoms with Crippen LogP contribution in [-0.2, 0) is 11.8 Å². The SMILES string of the molecule is CCc1ccc(OC)c(C(C)(C)CNC)c1. The molecule has 90 valence electrons. The van der Waals surface area contributed by atoms with Gasteiger partial charge in [-0.1, -0.05) is 32.9 Å². The summed E-state index contributed by atoms with van der Waals surface area (Å²) in [6.45, 7) is 7.59. The molecule has 1 aromatic rings. The zero-order chi connectivity index (χ0) is 12.2. The first-order valence-corrected chi connectivity index (χ1v) is 5.87. The van der Waals surface area contributed by atoms with Crippen molar-refractivity contribution in [1.82, 2.24) is 5.32 Å². The number of rotatable bonds is 5.